The van der Waals surface area contributed by atoms with Gasteiger partial charge in [0.1, 0.15) is 0 Å². The van der Waals surface area contributed by atoms with Gasteiger partial charge in [-0.1, -0.05) is 11.6 Å². The Morgan fingerprint density at radius 3 is 2.70 bits per heavy atom. The number of aryl methyl sites for hydroxylation is 2. The van der Waals surface area contributed by atoms with Crippen molar-refractivity contribution in [3.8, 4) is 11.1 Å². The van der Waals surface area contributed by atoms with Crippen LogP contribution < -0.4 is 5.32 Å². The van der Waals surface area contributed by atoms with E-state index in [1.54, 1.807) is 0 Å². The summed E-state index contributed by atoms with van der Waals surface area (Å²) in [6.07, 6.45) is 6.48. The summed E-state index contributed by atoms with van der Waals surface area (Å²) in [6, 6.07) is 7.12. The molecule has 2 nitrogen and oxygen atoms in total. The highest BCUT2D eigenvalue weighted by Crippen LogP contribution is 2.29. The van der Waals surface area contributed by atoms with Crippen molar-refractivity contribution in [2.75, 3.05) is 0 Å². The number of pyridine rings is 1. The van der Waals surface area contributed by atoms with E-state index in [9.17, 15) is 0 Å². The summed E-state index contributed by atoms with van der Waals surface area (Å²) in [5.74, 6) is 0. The van der Waals surface area contributed by atoms with E-state index in [1.165, 1.54) is 29.5 Å². The van der Waals surface area contributed by atoms with Gasteiger partial charge in [0.25, 0.3) is 0 Å². The molecule has 1 saturated carbocycles. The lowest BCUT2D eigenvalue weighted by Crippen LogP contribution is -2.15. The van der Waals surface area contributed by atoms with Crippen molar-refractivity contribution in [3.05, 3.63) is 52.3 Å². The predicted molar refractivity (Wildman–Crippen MR) is 84.0 cm³/mol. The van der Waals surface area contributed by atoms with Crippen LogP contribution in [0.2, 0.25) is 5.02 Å². The second-order valence-electron chi connectivity index (χ2n) is 5.65. The molecule has 1 N–H and O–H groups in total. The molecule has 1 aromatic carbocycles. The zero-order valence-corrected chi connectivity index (χ0v) is 12.7. The third-order valence-corrected chi connectivity index (χ3v) is 4.19. The molecule has 1 aliphatic rings. The van der Waals surface area contributed by atoms with Crippen LogP contribution in [0.25, 0.3) is 11.1 Å². The lowest BCUT2D eigenvalue weighted by molar-refractivity contribution is 0.686. The largest absolute Gasteiger partial charge is 0.310 e. The molecule has 0 unspecified atom stereocenters. The highest BCUT2D eigenvalue weighted by molar-refractivity contribution is 6.31. The van der Waals surface area contributed by atoms with Crippen molar-refractivity contribution >= 4 is 11.6 Å². The van der Waals surface area contributed by atoms with Crippen LogP contribution in [-0.4, -0.2) is 11.0 Å². The molecule has 0 bridgehead atoms. The Morgan fingerprint density at radius 2 is 1.95 bits per heavy atom. The standard InChI is InChI=1S/C17H19ClN2/c1-11-6-17(18)12(2)5-16(11)14-7-13(8-19-10-14)9-20-15-3-4-15/h5-8,10,15,20H,3-4,9H2,1-2H3. The molecule has 0 aliphatic heterocycles. The first-order valence-electron chi connectivity index (χ1n) is 7.08. The maximum Gasteiger partial charge on any atom is 0.0438 e. The van der Waals surface area contributed by atoms with Gasteiger partial charge in [-0.3, -0.25) is 4.98 Å². The van der Waals surface area contributed by atoms with Crippen LogP contribution in [0.5, 0.6) is 0 Å². The SMILES string of the molecule is Cc1cc(-c2cncc(CNC3CC3)c2)c(C)cc1Cl. The molecule has 0 saturated heterocycles. The van der Waals surface area contributed by atoms with Gasteiger partial charge in [-0.2, -0.15) is 0 Å². The van der Waals surface area contributed by atoms with Crippen LogP contribution in [0, 0.1) is 13.8 Å². The summed E-state index contributed by atoms with van der Waals surface area (Å²) < 4.78 is 0. The van der Waals surface area contributed by atoms with Crippen molar-refractivity contribution in [2.45, 2.75) is 39.3 Å². The summed E-state index contributed by atoms with van der Waals surface area (Å²) in [7, 11) is 0. The van der Waals surface area contributed by atoms with Gasteiger partial charge in [0, 0.05) is 35.6 Å². The average molecular weight is 287 g/mol. The lowest BCUT2D eigenvalue weighted by atomic mass is 9.99. The number of aromatic nitrogens is 1. The molecule has 1 fully saturated rings. The Kier molecular flexibility index (Phi) is 3.77. The van der Waals surface area contributed by atoms with Gasteiger partial charge in [-0.15, -0.1) is 0 Å². The second-order valence-corrected chi connectivity index (χ2v) is 6.06. The van der Waals surface area contributed by atoms with E-state index in [-0.39, 0.29) is 0 Å². The van der Waals surface area contributed by atoms with E-state index < -0.39 is 0 Å². The van der Waals surface area contributed by atoms with Gasteiger partial charge in [0.2, 0.25) is 0 Å². The predicted octanol–water partition coefficient (Wildman–Crippen LogP) is 4.27. The number of rotatable bonds is 4. The molecule has 1 aliphatic carbocycles. The van der Waals surface area contributed by atoms with E-state index >= 15 is 0 Å². The Morgan fingerprint density at radius 1 is 1.15 bits per heavy atom. The highest BCUT2D eigenvalue weighted by Gasteiger charge is 2.20. The molecule has 104 valence electrons. The molecule has 20 heavy (non-hydrogen) atoms. The van der Waals surface area contributed by atoms with Crippen LogP contribution in [0.1, 0.15) is 29.5 Å². The molecule has 0 atom stereocenters. The van der Waals surface area contributed by atoms with Crippen molar-refractivity contribution < 1.29 is 0 Å². The monoisotopic (exact) mass is 286 g/mol. The molecule has 3 heteroatoms. The Bertz CT molecular complexity index is 633. The first-order chi connectivity index (χ1) is 9.63. The van der Waals surface area contributed by atoms with Gasteiger partial charge < -0.3 is 5.32 Å². The molecule has 2 aromatic rings. The van der Waals surface area contributed by atoms with Crippen molar-refractivity contribution in [2.24, 2.45) is 0 Å². The van der Waals surface area contributed by atoms with Crippen LogP contribution in [0.15, 0.2) is 30.6 Å². The minimum absolute atomic E-state index is 0.721. The Balaban J connectivity index is 1.89. The average Bonchev–Trinajstić information content (AvgIpc) is 3.25. The molecule has 3 rings (SSSR count). The van der Waals surface area contributed by atoms with Crippen LogP contribution >= 0.6 is 11.6 Å². The summed E-state index contributed by atoms with van der Waals surface area (Å²) in [4.78, 5) is 4.38. The first-order valence-corrected chi connectivity index (χ1v) is 7.46. The number of benzene rings is 1. The van der Waals surface area contributed by atoms with Crippen LogP contribution in [-0.2, 0) is 6.54 Å². The van der Waals surface area contributed by atoms with Crippen LogP contribution in [0.4, 0.5) is 0 Å². The number of nitrogens with one attached hydrogen (secondary N) is 1. The third-order valence-electron chi connectivity index (χ3n) is 3.78. The highest BCUT2D eigenvalue weighted by atomic mass is 35.5. The van der Waals surface area contributed by atoms with Crippen molar-refractivity contribution in [1.82, 2.24) is 10.3 Å². The molecule has 1 heterocycles. The fourth-order valence-electron chi connectivity index (χ4n) is 2.37. The number of hydrogen-bond donors (Lipinski definition) is 1. The molecule has 0 radical (unpaired) electrons. The Hall–Kier alpha value is -1.38. The van der Waals surface area contributed by atoms with E-state index in [2.05, 4.69) is 29.4 Å². The maximum atomic E-state index is 6.17. The molecule has 0 amide bonds. The quantitative estimate of drug-likeness (QED) is 0.908. The van der Waals surface area contributed by atoms with Gasteiger partial charge in [0.15, 0.2) is 0 Å². The topological polar surface area (TPSA) is 24.9 Å². The summed E-state index contributed by atoms with van der Waals surface area (Å²) >= 11 is 6.17. The van der Waals surface area contributed by atoms with Gasteiger partial charge in [-0.25, -0.2) is 0 Å². The fourth-order valence-corrected chi connectivity index (χ4v) is 2.59. The molecular formula is C17H19ClN2. The van der Waals surface area contributed by atoms with E-state index in [4.69, 9.17) is 11.6 Å². The first kappa shape index (κ1) is 13.6. The smallest absolute Gasteiger partial charge is 0.0438 e. The zero-order valence-electron chi connectivity index (χ0n) is 11.9. The van der Waals surface area contributed by atoms with E-state index in [1.807, 2.05) is 25.4 Å². The zero-order chi connectivity index (χ0) is 14.1. The lowest BCUT2D eigenvalue weighted by Gasteiger charge is -2.10. The molecule has 0 spiro atoms. The van der Waals surface area contributed by atoms with E-state index in [0.29, 0.717) is 0 Å². The number of nitrogens with zero attached hydrogens (tertiary/aromatic N) is 1. The normalized spacial score (nSPS) is 14.6. The summed E-state index contributed by atoms with van der Waals surface area (Å²) in [6.45, 7) is 5.03. The number of hydrogen-bond acceptors (Lipinski definition) is 2. The van der Waals surface area contributed by atoms with Crippen molar-refractivity contribution in [3.63, 3.8) is 0 Å². The number of halogens is 1. The van der Waals surface area contributed by atoms with E-state index in [0.717, 1.165) is 28.7 Å². The maximum absolute atomic E-state index is 6.17. The third kappa shape index (κ3) is 3.02. The van der Waals surface area contributed by atoms with Crippen LogP contribution in [0.3, 0.4) is 0 Å². The molecular weight excluding hydrogens is 268 g/mol. The second kappa shape index (κ2) is 5.55. The summed E-state index contributed by atoms with van der Waals surface area (Å²) in [5, 5.41) is 4.35. The van der Waals surface area contributed by atoms with Gasteiger partial charge >= 0.3 is 0 Å². The Labute approximate surface area is 125 Å². The fraction of sp³-hybridized carbons (Fsp3) is 0.353. The minimum atomic E-state index is 0.721. The minimum Gasteiger partial charge on any atom is -0.310 e. The van der Waals surface area contributed by atoms with Gasteiger partial charge in [-0.05, 0) is 67.1 Å². The molecule has 1 aromatic heterocycles. The van der Waals surface area contributed by atoms with Gasteiger partial charge in [0.05, 0.1) is 0 Å². The van der Waals surface area contributed by atoms with Crippen molar-refractivity contribution in [1.29, 1.82) is 0 Å². The summed E-state index contributed by atoms with van der Waals surface area (Å²) in [5.41, 5.74) is 5.91.